The molecule has 25 heteroatoms. The molecule has 0 spiro atoms. The van der Waals surface area contributed by atoms with Crippen LogP contribution in [0.15, 0.2) is 24.3 Å². The van der Waals surface area contributed by atoms with E-state index in [4.69, 9.17) is 21.9 Å². The number of nitrogens with one attached hydrogen (secondary N) is 8. The summed E-state index contributed by atoms with van der Waals surface area (Å²) >= 11 is 0. The molecule has 23 nitrogen and oxygen atoms in total. The highest BCUT2D eigenvalue weighted by molar-refractivity contribution is 8.76. The van der Waals surface area contributed by atoms with Crippen molar-refractivity contribution in [2.45, 2.75) is 143 Å². The van der Waals surface area contributed by atoms with E-state index in [1.54, 1.807) is 65.8 Å². The van der Waals surface area contributed by atoms with Gasteiger partial charge in [0, 0.05) is 30.8 Å². The quantitative estimate of drug-likeness (QED) is 0.0761. The maximum atomic E-state index is 14.3. The van der Waals surface area contributed by atoms with Gasteiger partial charge < -0.3 is 64.5 Å². The molecule has 1 aromatic carbocycles. The minimum Gasteiger partial charge on any atom is -0.494 e. The van der Waals surface area contributed by atoms with E-state index < -0.39 is 137 Å². The van der Waals surface area contributed by atoms with E-state index in [0.29, 0.717) is 17.9 Å². The Morgan fingerprint density at radius 1 is 0.732 bits per heavy atom. The Morgan fingerprint density at radius 3 is 1.89 bits per heavy atom. The number of ether oxygens (including phenoxy) is 1. The lowest BCUT2D eigenvalue weighted by Crippen LogP contribution is -2.63. The molecule has 1 aliphatic heterocycles. The van der Waals surface area contributed by atoms with Crippen LogP contribution in [-0.4, -0.2) is 132 Å². The summed E-state index contributed by atoms with van der Waals surface area (Å²) in [6.07, 6.45) is -1.58. The lowest BCUT2D eigenvalue weighted by Gasteiger charge is -2.34. The van der Waals surface area contributed by atoms with Gasteiger partial charge in [0.2, 0.25) is 65.0 Å². The Balaban J connectivity index is 2.65. The molecule has 0 radical (unpaired) electrons. The van der Waals surface area contributed by atoms with Gasteiger partial charge in [0.1, 0.15) is 48.0 Å². The molecule has 2 rings (SSSR count). The molecular weight excluding hydrogens is 963 g/mol. The highest BCUT2D eigenvalue weighted by Crippen LogP contribution is 2.25. The number of primary amides is 3. The van der Waals surface area contributed by atoms with Crippen LogP contribution in [0.2, 0.25) is 0 Å². The number of benzene rings is 1. The molecule has 11 amide bonds. The molecule has 1 aliphatic rings. The topological polar surface area (TPSA) is 371 Å². The number of nitrogens with two attached hydrogens (primary N) is 3. The normalized spacial score (nSPS) is 21.1. The number of hydrogen-bond acceptors (Lipinski definition) is 14. The fourth-order valence-electron chi connectivity index (χ4n) is 6.95. The summed E-state index contributed by atoms with van der Waals surface area (Å²) in [4.78, 5) is 147. The van der Waals surface area contributed by atoms with Gasteiger partial charge in [-0.15, -0.1) is 0 Å². The first-order valence-corrected chi connectivity index (χ1v) is 25.7. The van der Waals surface area contributed by atoms with Crippen LogP contribution < -0.4 is 64.5 Å². The summed E-state index contributed by atoms with van der Waals surface area (Å²) in [6.45, 7) is 15.3. The molecule has 71 heavy (non-hydrogen) atoms. The third kappa shape index (κ3) is 22.2. The van der Waals surface area contributed by atoms with Crippen molar-refractivity contribution >= 4 is 86.6 Å². The van der Waals surface area contributed by atoms with Gasteiger partial charge in [0.05, 0.1) is 19.6 Å². The van der Waals surface area contributed by atoms with Crippen molar-refractivity contribution in [3.8, 4) is 5.75 Å². The molecule has 1 saturated heterocycles. The SMILES string of the molecule is CCOc1ccc(C[C@@H]2NC(=O)CCSSC[C@@H](C(=O)N[C@H](C(=O)N[C@@H](CC(C)C)C(=O)NCC(N)=O)C(C)(C)C)NC(=O)[C@H](CC(N)=O)NC(=O)[C@H](CCC(N)=O)NC(=O)[C@H](C(C)(C)C)NC2=O)cc1. The lowest BCUT2D eigenvalue weighted by atomic mass is 9.85. The zero-order valence-electron chi connectivity index (χ0n) is 41.9. The Morgan fingerprint density at radius 2 is 1.34 bits per heavy atom. The van der Waals surface area contributed by atoms with Crippen LogP contribution in [-0.2, 0) is 59.2 Å². The third-order valence-electron chi connectivity index (χ3n) is 10.6. The average molecular weight is 1040 g/mol. The molecule has 14 N–H and O–H groups in total. The maximum Gasteiger partial charge on any atom is 0.244 e. The van der Waals surface area contributed by atoms with Crippen molar-refractivity contribution < 1.29 is 57.5 Å². The molecule has 0 aromatic heterocycles. The van der Waals surface area contributed by atoms with Gasteiger partial charge in [-0.3, -0.25) is 52.7 Å². The fraction of sp³-hybridized carbons (Fsp3) is 0.630. The zero-order valence-corrected chi connectivity index (χ0v) is 43.6. The van der Waals surface area contributed by atoms with E-state index in [1.165, 1.54) is 0 Å². The van der Waals surface area contributed by atoms with Gasteiger partial charge in [-0.05, 0) is 54.2 Å². The van der Waals surface area contributed by atoms with Crippen LogP contribution in [0.3, 0.4) is 0 Å². The number of hydrogen-bond donors (Lipinski definition) is 11. The lowest BCUT2D eigenvalue weighted by molar-refractivity contribution is -0.137. The smallest absolute Gasteiger partial charge is 0.244 e. The first kappa shape index (κ1) is 61.0. The number of carbonyl (C=O) groups is 11. The third-order valence-corrected chi connectivity index (χ3v) is 13.1. The summed E-state index contributed by atoms with van der Waals surface area (Å²) in [6, 6.07) is -2.97. The van der Waals surface area contributed by atoms with E-state index in [9.17, 15) is 52.7 Å². The van der Waals surface area contributed by atoms with Gasteiger partial charge in [0.15, 0.2) is 0 Å². The molecule has 396 valence electrons. The van der Waals surface area contributed by atoms with Crippen LogP contribution in [0.4, 0.5) is 0 Å². The van der Waals surface area contributed by atoms with E-state index >= 15 is 0 Å². The standard InChI is InChI=1S/C46H73N11O12S2/c1-10-69-26-13-11-25(12-14-26)20-29-41(65)56-36(45(4,5)6)43(67)52-27(15-16-32(47)58)39(63)53-30(21-33(48)59)40(64)55-31(23-71-70-18-17-35(61)51-29)42(66)57-37(46(7,8)9)44(68)54-28(19-24(2)3)38(62)50-22-34(49)60/h11-14,24,27-31,36-37H,10,15-23H2,1-9H3,(H2,47,58)(H2,48,59)(H2,49,60)(H,50,62)(H,51,61)(H,52,67)(H,53,63)(H,54,68)(H,55,64)(H,56,65)(H,57,66)/t27-,28-,29-,30-,31-,36+,37+/m0/s1. The van der Waals surface area contributed by atoms with Crippen molar-refractivity contribution in [1.29, 1.82) is 0 Å². The maximum absolute atomic E-state index is 14.3. The molecule has 0 bridgehead atoms. The molecule has 1 heterocycles. The molecule has 1 aromatic rings. The first-order chi connectivity index (χ1) is 33.0. The molecule has 7 atom stereocenters. The molecule has 0 aliphatic carbocycles. The monoisotopic (exact) mass is 1040 g/mol. The van der Waals surface area contributed by atoms with Crippen molar-refractivity contribution in [1.82, 2.24) is 42.5 Å². The molecule has 0 saturated carbocycles. The van der Waals surface area contributed by atoms with E-state index in [2.05, 4.69) is 42.5 Å². The molecule has 1 fully saturated rings. The Labute approximate surface area is 422 Å². The average Bonchev–Trinajstić information content (AvgIpc) is 3.25. The highest BCUT2D eigenvalue weighted by atomic mass is 33.1. The van der Waals surface area contributed by atoms with Crippen LogP contribution in [0.5, 0.6) is 5.75 Å². The van der Waals surface area contributed by atoms with Crippen molar-refractivity contribution in [3.63, 3.8) is 0 Å². The summed E-state index contributed by atoms with van der Waals surface area (Å²) < 4.78 is 5.54. The first-order valence-electron chi connectivity index (χ1n) is 23.2. The summed E-state index contributed by atoms with van der Waals surface area (Å²) in [5.74, 6) is -8.90. The van der Waals surface area contributed by atoms with Crippen molar-refractivity contribution in [2.24, 2.45) is 33.9 Å². The second-order valence-electron chi connectivity index (χ2n) is 19.6. The second-order valence-corrected chi connectivity index (χ2v) is 22.2. The van der Waals surface area contributed by atoms with E-state index in [1.807, 2.05) is 20.8 Å². The number of carbonyl (C=O) groups excluding carboxylic acids is 11. The predicted molar refractivity (Wildman–Crippen MR) is 267 cm³/mol. The van der Waals surface area contributed by atoms with Crippen LogP contribution in [0, 0.1) is 16.7 Å². The summed E-state index contributed by atoms with van der Waals surface area (Å²) in [5.41, 5.74) is 14.8. The summed E-state index contributed by atoms with van der Waals surface area (Å²) in [5, 5.41) is 20.7. The van der Waals surface area contributed by atoms with Gasteiger partial charge >= 0.3 is 0 Å². The number of amides is 11. The van der Waals surface area contributed by atoms with Crippen LogP contribution in [0.1, 0.15) is 100.0 Å². The Bertz CT molecular complexity index is 2080. The minimum atomic E-state index is -1.76. The second kappa shape index (κ2) is 28.7. The predicted octanol–water partition coefficient (Wildman–Crippen LogP) is -1.31. The van der Waals surface area contributed by atoms with Gasteiger partial charge in [0.25, 0.3) is 0 Å². The van der Waals surface area contributed by atoms with Crippen molar-refractivity contribution in [3.05, 3.63) is 29.8 Å². The van der Waals surface area contributed by atoms with E-state index in [0.717, 1.165) is 21.6 Å². The summed E-state index contributed by atoms with van der Waals surface area (Å²) in [7, 11) is 2.20. The van der Waals surface area contributed by atoms with Crippen molar-refractivity contribution in [2.75, 3.05) is 24.7 Å². The minimum absolute atomic E-state index is 0.000191. The fourth-order valence-corrected chi connectivity index (χ4v) is 9.10. The van der Waals surface area contributed by atoms with Gasteiger partial charge in [-0.1, -0.05) is 89.1 Å². The number of rotatable bonds is 18. The van der Waals surface area contributed by atoms with Crippen LogP contribution in [0.25, 0.3) is 0 Å². The van der Waals surface area contributed by atoms with E-state index in [-0.39, 0.29) is 43.1 Å². The molecule has 0 unspecified atom stereocenters. The van der Waals surface area contributed by atoms with Crippen LogP contribution >= 0.6 is 21.6 Å². The Kier molecular flexibility index (Phi) is 24.6. The molecular formula is C46H73N11O12S2. The van der Waals surface area contributed by atoms with Gasteiger partial charge in [-0.25, -0.2) is 0 Å². The van der Waals surface area contributed by atoms with Gasteiger partial charge in [-0.2, -0.15) is 0 Å². The zero-order chi connectivity index (χ0) is 53.8. The largest absolute Gasteiger partial charge is 0.494 e. The highest BCUT2D eigenvalue weighted by Gasteiger charge is 2.40. The Hall–Kier alpha value is -6.11.